The van der Waals surface area contributed by atoms with Crippen LogP contribution in [0.2, 0.25) is 0 Å². The molecule has 0 bridgehead atoms. The maximum Gasteiger partial charge on any atom is 0.231 e. The van der Waals surface area contributed by atoms with Gasteiger partial charge in [-0.3, -0.25) is 0 Å². The van der Waals surface area contributed by atoms with Crippen LogP contribution in [0.25, 0.3) is 11.4 Å². The number of thiophene rings is 1. The summed E-state index contributed by atoms with van der Waals surface area (Å²) in [5.41, 5.74) is 0.764. The summed E-state index contributed by atoms with van der Waals surface area (Å²) in [4.78, 5) is 6.84. The van der Waals surface area contributed by atoms with Crippen LogP contribution < -0.4 is 4.90 Å². The van der Waals surface area contributed by atoms with E-state index >= 15 is 0 Å². The summed E-state index contributed by atoms with van der Waals surface area (Å²) in [5.74, 6) is 1.12. The highest BCUT2D eigenvalue weighted by molar-refractivity contribution is 7.14. The van der Waals surface area contributed by atoms with E-state index in [0.717, 1.165) is 36.5 Å². The van der Waals surface area contributed by atoms with Crippen molar-refractivity contribution in [2.24, 2.45) is 0 Å². The molecule has 0 aliphatic carbocycles. The summed E-state index contributed by atoms with van der Waals surface area (Å²) in [6, 6.07) is 11.3. The predicted octanol–water partition coefficient (Wildman–Crippen LogP) is 4.12. The first kappa shape index (κ1) is 14.4. The van der Waals surface area contributed by atoms with Crippen molar-refractivity contribution in [1.29, 1.82) is 0 Å². The van der Waals surface area contributed by atoms with Gasteiger partial charge in [0.05, 0.1) is 10.9 Å². The van der Waals surface area contributed by atoms with Crippen LogP contribution in [-0.2, 0) is 0 Å². The normalized spacial score (nSPS) is 18.3. The highest BCUT2D eigenvalue weighted by Gasteiger charge is 2.26. The van der Waals surface area contributed by atoms with E-state index < -0.39 is 0 Å². The van der Waals surface area contributed by atoms with Crippen molar-refractivity contribution >= 4 is 16.3 Å². The van der Waals surface area contributed by atoms with Crippen molar-refractivity contribution in [1.82, 2.24) is 10.1 Å². The molecule has 4 nitrogen and oxygen atoms in total. The van der Waals surface area contributed by atoms with Gasteiger partial charge in [0.1, 0.15) is 5.82 Å². The smallest absolute Gasteiger partial charge is 0.231 e. The zero-order valence-corrected chi connectivity index (χ0v) is 13.2. The van der Waals surface area contributed by atoms with Crippen LogP contribution in [0.5, 0.6) is 0 Å². The highest BCUT2D eigenvalue weighted by Crippen LogP contribution is 2.31. The fraction of sp³-hybridized carbons (Fsp3) is 0.294. The SMILES string of the molecule is Fc1ccc(-c2noc([C@H]3CCCN(c4[c]ccs4)C3)n2)cc1. The Morgan fingerprint density at radius 2 is 2.17 bits per heavy atom. The van der Waals surface area contributed by atoms with E-state index in [0.29, 0.717) is 11.7 Å². The summed E-state index contributed by atoms with van der Waals surface area (Å²) in [6.07, 6.45) is 2.12. The van der Waals surface area contributed by atoms with E-state index in [1.165, 1.54) is 12.1 Å². The molecule has 4 rings (SSSR count). The van der Waals surface area contributed by atoms with Gasteiger partial charge in [0, 0.05) is 24.7 Å². The number of rotatable bonds is 3. The van der Waals surface area contributed by atoms with Gasteiger partial charge in [0.2, 0.25) is 11.7 Å². The first-order valence-electron chi connectivity index (χ1n) is 7.59. The maximum absolute atomic E-state index is 13.0. The summed E-state index contributed by atoms with van der Waals surface area (Å²) < 4.78 is 18.5. The molecule has 0 spiro atoms. The molecular formula is C17H15FN3OS. The molecule has 2 aromatic heterocycles. The van der Waals surface area contributed by atoms with E-state index in [9.17, 15) is 4.39 Å². The summed E-state index contributed by atoms with van der Waals surface area (Å²) >= 11 is 1.70. The first-order valence-corrected chi connectivity index (χ1v) is 8.47. The number of hydrogen-bond donors (Lipinski definition) is 0. The predicted molar refractivity (Wildman–Crippen MR) is 87.0 cm³/mol. The Morgan fingerprint density at radius 3 is 2.96 bits per heavy atom. The molecule has 1 aliphatic heterocycles. The Hall–Kier alpha value is -2.21. The number of anilines is 1. The second-order valence-corrected chi connectivity index (χ2v) is 6.51. The lowest BCUT2D eigenvalue weighted by molar-refractivity contribution is 0.334. The van der Waals surface area contributed by atoms with E-state index in [4.69, 9.17) is 4.52 Å². The van der Waals surface area contributed by atoms with Crippen LogP contribution >= 0.6 is 11.3 Å². The largest absolute Gasteiger partial charge is 0.362 e. The molecule has 0 amide bonds. The molecule has 3 aromatic rings. The summed E-state index contributed by atoms with van der Waals surface area (Å²) in [6.45, 7) is 1.90. The van der Waals surface area contributed by atoms with Crippen molar-refractivity contribution in [2.75, 3.05) is 18.0 Å². The molecule has 23 heavy (non-hydrogen) atoms. The number of nitrogens with zero attached hydrogens (tertiary/aromatic N) is 3. The lowest BCUT2D eigenvalue weighted by Gasteiger charge is -2.31. The zero-order chi connectivity index (χ0) is 15.6. The van der Waals surface area contributed by atoms with Crippen LogP contribution in [0.15, 0.2) is 40.2 Å². The van der Waals surface area contributed by atoms with Crippen molar-refractivity contribution in [3.8, 4) is 11.4 Å². The zero-order valence-electron chi connectivity index (χ0n) is 12.4. The minimum atomic E-state index is -0.271. The second kappa shape index (κ2) is 6.12. The molecule has 0 N–H and O–H groups in total. The topological polar surface area (TPSA) is 42.2 Å². The van der Waals surface area contributed by atoms with Crippen LogP contribution in [0.1, 0.15) is 24.7 Å². The molecule has 1 aromatic carbocycles. The van der Waals surface area contributed by atoms with Gasteiger partial charge in [0.25, 0.3) is 0 Å². The van der Waals surface area contributed by atoms with Gasteiger partial charge in [-0.2, -0.15) is 4.98 Å². The monoisotopic (exact) mass is 328 g/mol. The molecule has 1 aliphatic rings. The minimum Gasteiger partial charge on any atom is -0.362 e. The standard InChI is InChI=1S/C17H15FN3OS/c18-14-7-5-12(6-8-14)16-19-17(22-20-16)13-3-1-9-21(11-13)15-4-2-10-23-15/h2,5-8,10,13H,1,3,9,11H2/t13-/m0/s1. The quantitative estimate of drug-likeness (QED) is 0.725. The van der Waals surface area contributed by atoms with E-state index in [1.807, 2.05) is 11.4 Å². The number of aromatic nitrogens is 2. The number of halogens is 1. The Kier molecular flexibility index (Phi) is 3.83. The molecule has 1 atom stereocenters. The van der Waals surface area contributed by atoms with Crippen molar-refractivity contribution in [3.05, 3.63) is 53.5 Å². The van der Waals surface area contributed by atoms with Crippen LogP contribution in [0.3, 0.4) is 0 Å². The summed E-state index contributed by atoms with van der Waals surface area (Å²) in [7, 11) is 0. The van der Waals surface area contributed by atoms with Gasteiger partial charge in [-0.15, -0.1) is 11.3 Å². The molecule has 1 fully saturated rings. The highest BCUT2D eigenvalue weighted by atomic mass is 32.1. The Morgan fingerprint density at radius 1 is 1.30 bits per heavy atom. The number of piperidine rings is 1. The van der Waals surface area contributed by atoms with Crippen molar-refractivity contribution < 1.29 is 8.91 Å². The minimum absolute atomic E-state index is 0.223. The van der Waals surface area contributed by atoms with E-state index in [1.54, 1.807) is 23.5 Å². The lowest BCUT2D eigenvalue weighted by atomic mass is 9.98. The third-order valence-corrected chi connectivity index (χ3v) is 4.93. The molecule has 3 heterocycles. The fourth-order valence-electron chi connectivity index (χ4n) is 2.88. The van der Waals surface area contributed by atoms with Crippen LogP contribution in [0.4, 0.5) is 9.39 Å². The van der Waals surface area contributed by atoms with Gasteiger partial charge in [0.15, 0.2) is 0 Å². The Labute approximate surface area is 137 Å². The van der Waals surface area contributed by atoms with Gasteiger partial charge in [-0.05, 0) is 48.6 Å². The first-order chi connectivity index (χ1) is 11.3. The van der Waals surface area contributed by atoms with E-state index in [-0.39, 0.29) is 11.7 Å². The lowest BCUT2D eigenvalue weighted by Crippen LogP contribution is -2.33. The van der Waals surface area contributed by atoms with Gasteiger partial charge < -0.3 is 9.42 Å². The molecule has 117 valence electrons. The molecule has 6 heteroatoms. The number of hydrogen-bond acceptors (Lipinski definition) is 5. The second-order valence-electron chi connectivity index (χ2n) is 5.62. The van der Waals surface area contributed by atoms with Crippen LogP contribution in [-0.4, -0.2) is 23.2 Å². The Balaban J connectivity index is 1.53. The van der Waals surface area contributed by atoms with Gasteiger partial charge in [-0.25, -0.2) is 4.39 Å². The van der Waals surface area contributed by atoms with Crippen LogP contribution in [0, 0.1) is 11.9 Å². The van der Waals surface area contributed by atoms with Gasteiger partial charge in [-0.1, -0.05) is 5.16 Å². The molecule has 0 saturated carbocycles. The third-order valence-electron chi connectivity index (χ3n) is 4.06. The molecule has 0 unspecified atom stereocenters. The summed E-state index contributed by atoms with van der Waals surface area (Å²) in [5, 5.41) is 7.25. The number of benzene rings is 1. The van der Waals surface area contributed by atoms with E-state index in [2.05, 4.69) is 21.1 Å². The third kappa shape index (κ3) is 2.99. The Bertz CT molecular complexity index is 770. The average Bonchev–Trinajstić information content (AvgIpc) is 3.28. The fourth-order valence-corrected chi connectivity index (χ4v) is 3.60. The van der Waals surface area contributed by atoms with Crippen molar-refractivity contribution in [2.45, 2.75) is 18.8 Å². The molecule has 1 saturated heterocycles. The molecular weight excluding hydrogens is 313 g/mol. The maximum atomic E-state index is 13.0. The average molecular weight is 328 g/mol. The molecule has 1 radical (unpaired) electrons. The van der Waals surface area contributed by atoms with Gasteiger partial charge >= 0.3 is 0 Å². The van der Waals surface area contributed by atoms with Crippen molar-refractivity contribution in [3.63, 3.8) is 0 Å².